The summed E-state index contributed by atoms with van der Waals surface area (Å²) in [7, 11) is -4.24. The smallest absolute Gasteiger partial charge is 0.243 e. The molecule has 0 aliphatic rings. The molecule has 0 aliphatic carbocycles. The second-order valence-electron chi connectivity index (χ2n) is 4.46. The molecular formula is C13H13F2NO3S2. The fourth-order valence-corrected chi connectivity index (χ4v) is 3.50. The van der Waals surface area contributed by atoms with Gasteiger partial charge in [0.25, 0.3) is 0 Å². The lowest BCUT2D eigenvalue weighted by Gasteiger charge is -2.12. The highest BCUT2D eigenvalue weighted by atomic mass is 32.2. The van der Waals surface area contributed by atoms with Crippen molar-refractivity contribution < 1.29 is 22.3 Å². The second-order valence-corrected chi connectivity index (χ2v) is 6.97. The monoisotopic (exact) mass is 333 g/mol. The van der Waals surface area contributed by atoms with E-state index in [9.17, 15) is 22.3 Å². The number of nitrogens with one attached hydrogen (secondary N) is 1. The van der Waals surface area contributed by atoms with E-state index in [2.05, 4.69) is 4.72 Å². The molecule has 0 amide bonds. The van der Waals surface area contributed by atoms with Gasteiger partial charge in [0, 0.05) is 6.54 Å². The summed E-state index contributed by atoms with van der Waals surface area (Å²) in [6.45, 7) is 1.01. The number of aliphatic hydroxyl groups is 1. The average molecular weight is 333 g/mol. The highest BCUT2D eigenvalue weighted by Gasteiger charge is 2.22. The van der Waals surface area contributed by atoms with Gasteiger partial charge in [0.2, 0.25) is 10.0 Å². The first-order chi connectivity index (χ1) is 9.81. The van der Waals surface area contributed by atoms with Crippen LogP contribution in [0.1, 0.15) is 17.2 Å². The number of halogens is 2. The molecule has 0 spiro atoms. The number of sulfonamides is 1. The standard InChI is InChI=1S/C13H13F2NO3S2/c1-8-4-11(15)13(5-10(8)14)21(18,19)16-6-12(17)9-2-3-20-7-9/h2-5,7,12,16-17H,6H2,1H3/t12-/m0/s1. The Balaban J connectivity index is 2.17. The van der Waals surface area contributed by atoms with Gasteiger partial charge in [-0.25, -0.2) is 21.9 Å². The van der Waals surface area contributed by atoms with Crippen LogP contribution in [0.2, 0.25) is 0 Å². The first kappa shape index (κ1) is 16.0. The Morgan fingerprint density at radius 2 is 2.05 bits per heavy atom. The second kappa shape index (κ2) is 6.18. The summed E-state index contributed by atoms with van der Waals surface area (Å²) >= 11 is 1.36. The van der Waals surface area contributed by atoms with Gasteiger partial charge in [-0.15, -0.1) is 0 Å². The van der Waals surface area contributed by atoms with Crippen LogP contribution >= 0.6 is 11.3 Å². The van der Waals surface area contributed by atoms with Gasteiger partial charge in [-0.3, -0.25) is 0 Å². The topological polar surface area (TPSA) is 66.4 Å². The molecule has 4 nitrogen and oxygen atoms in total. The largest absolute Gasteiger partial charge is 0.387 e. The van der Waals surface area contributed by atoms with E-state index >= 15 is 0 Å². The predicted molar refractivity (Wildman–Crippen MR) is 75.6 cm³/mol. The van der Waals surface area contributed by atoms with Gasteiger partial charge >= 0.3 is 0 Å². The molecular weight excluding hydrogens is 320 g/mol. The van der Waals surface area contributed by atoms with Crippen molar-refractivity contribution in [3.05, 3.63) is 51.7 Å². The van der Waals surface area contributed by atoms with Crippen LogP contribution in [0.4, 0.5) is 8.78 Å². The Labute approximate surface area is 125 Å². The summed E-state index contributed by atoms with van der Waals surface area (Å²) in [4.78, 5) is -0.775. The van der Waals surface area contributed by atoms with Gasteiger partial charge in [0.05, 0.1) is 6.10 Å². The molecule has 0 radical (unpaired) electrons. The van der Waals surface area contributed by atoms with Crippen LogP contribution in [0, 0.1) is 18.6 Å². The molecule has 0 fully saturated rings. The molecule has 1 heterocycles. The van der Waals surface area contributed by atoms with Gasteiger partial charge in [-0.2, -0.15) is 11.3 Å². The van der Waals surface area contributed by atoms with Gasteiger partial charge < -0.3 is 5.11 Å². The van der Waals surface area contributed by atoms with E-state index in [-0.39, 0.29) is 12.1 Å². The summed E-state index contributed by atoms with van der Waals surface area (Å²) in [6, 6.07) is 3.10. The van der Waals surface area contributed by atoms with Crippen LogP contribution in [0.15, 0.2) is 33.9 Å². The number of hydrogen-bond donors (Lipinski definition) is 2. The van der Waals surface area contributed by atoms with Gasteiger partial charge in [0.1, 0.15) is 16.5 Å². The minimum atomic E-state index is -4.24. The van der Waals surface area contributed by atoms with E-state index in [1.54, 1.807) is 16.8 Å². The fraction of sp³-hybridized carbons (Fsp3) is 0.231. The normalized spacial score (nSPS) is 13.3. The molecule has 0 saturated carbocycles. The van der Waals surface area contributed by atoms with Crippen molar-refractivity contribution in [2.45, 2.75) is 17.9 Å². The number of rotatable bonds is 5. The molecule has 21 heavy (non-hydrogen) atoms. The third-order valence-electron chi connectivity index (χ3n) is 2.90. The SMILES string of the molecule is Cc1cc(F)c(S(=O)(=O)NC[C@H](O)c2ccsc2)cc1F. The summed E-state index contributed by atoms with van der Waals surface area (Å²) in [6.07, 6.45) is -1.05. The van der Waals surface area contributed by atoms with E-state index in [0.29, 0.717) is 11.6 Å². The van der Waals surface area contributed by atoms with E-state index in [1.807, 2.05) is 0 Å². The van der Waals surface area contributed by atoms with Crippen molar-refractivity contribution in [1.82, 2.24) is 4.72 Å². The van der Waals surface area contributed by atoms with Crippen molar-refractivity contribution in [1.29, 1.82) is 0 Å². The fourth-order valence-electron chi connectivity index (χ4n) is 1.68. The molecule has 2 rings (SSSR count). The number of aryl methyl sites for hydroxylation is 1. The number of benzene rings is 1. The Hall–Kier alpha value is -1.35. The van der Waals surface area contributed by atoms with E-state index < -0.39 is 32.7 Å². The number of hydrogen-bond acceptors (Lipinski definition) is 4. The third-order valence-corrected chi connectivity index (χ3v) is 5.04. The highest BCUT2D eigenvalue weighted by Crippen LogP contribution is 2.20. The quantitative estimate of drug-likeness (QED) is 0.883. The van der Waals surface area contributed by atoms with Crippen LogP contribution in [0.3, 0.4) is 0 Å². The molecule has 0 unspecified atom stereocenters. The van der Waals surface area contributed by atoms with Crippen LogP contribution in [-0.4, -0.2) is 20.1 Å². The Kier molecular flexibility index (Phi) is 4.72. The Morgan fingerprint density at radius 3 is 2.67 bits per heavy atom. The zero-order valence-electron chi connectivity index (χ0n) is 11.0. The summed E-state index contributed by atoms with van der Waals surface area (Å²) in [5.41, 5.74) is 0.572. The van der Waals surface area contributed by atoms with Gasteiger partial charge in [-0.1, -0.05) is 0 Å². The first-order valence-electron chi connectivity index (χ1n) is 5.97. The highest BCUT2D eigenvalue weighted by molar-refractivity contribution is 7.89. The van der Waals surface area contributed by atoms with Crippen molar-refractivity contribution >= 4 is 21.4 Å². The molecule has 8 heteroatoms. The zero-order chi connectivity index (χ0) is 15.6. The molecule has 1 aromatic carbocycles. The zero-order valence-corrected chi connectivity index (χ0v) is 12.6. The maximum atomic E-state index is 13.7. The summed E-state index contributed by atoms with van der Waals surface area (Å²) < 4.78 is 53.1. The third kappa shape index (κ3) is 3.65. The molecule has 1 atom stereocenters. The summed E-state index contributed by atoms with van der Waals surface area (Å²) in [5, 5.41) is 13.2. The molecule has 114 valence electrons. The predicted octanol–water partition coefficient (Wildman–Crippen LogP) is 2.35. The molecule has 0 aliphatic heterocycles. The van der Waals surface area contributed by atoms with Crippen LogP contribution in [-0.2, 0) is 10.0 Å². The first-order valence-corrected chi connectivity index (χ1v) is 8.39. The molecule has 2 aromatic rings. The maximum Gasteiger partial charge on any atom is 0.243 e. The summed E-state index contributed by atoms with van der Waals surface area (Å²) in [5.74, 6) is -1.85. The molecule has 0 bridgehead atoms. The van der Waals surface area contributed by atoms with E-state index in [4.69, 9.17) is 0 Å². The number of thiophene rings is 1. The average Bonchev–Trinajstić information content (AvgIpc) is 2.94. The molecule has 2 N–H and O–H groups in total. The van der Waals surface area contributed by atoms with Crippen molar-refractivity contribution in [2.24, 2.45) is 0 Å². The van der Waals surface area contributed by atoms with Crippen LogP contribution < -0.4 is 4.72 Å². The Morgan fingerprint density at radius 1 is 1.33 bits per heavy atom. The van der Waals surface area contributed by atoms with Crippen molar-refractivity contribution in [2.75, 3.05) is 6.54 Å². The maximum absolute atomic E-state index is 13.7. The van der Waals surface area contributed by atoms with E-state index in [1.165, 1.54) is 18.3 Å². The molecule has 1 aromatic heterocycles. The lowest BCUT2D eigenvalue weighted by molar-refractivity contribution is 0.182. The lowest BCUT2D eigenvalue weighted by atomic mass is 10.2. The van der Waals surface area contributed by atoms with Crippen molar-refractivity contribution in [3.8, 4) is 0 Å². The van der Waals surface area contributed by atoms with Crippen LogP contribution in [0.25, 0.3) is 0 Å². The minimum absolute atomic E-state index is 0.0183. The van der Waals surface area contributed by atoms with Gasteiger partial charge in [0.15, 0.2) is 0 Å². The van der Waals surface area contributed by atoms with E-state index in [0.717, 1.165) is 6.07 Å². The minimum Gasteiger partial charge on any atom is -0.387 e. The lowest BCUT2D eigenvalue weighted by Crippen LogP contribution is -2.29. The Bertz CT molecular complexity index is 730. The van der Waals surface area contributed by atoms with Crippen molar-refractivity contribution in [3.63, 3.8) is 0 Å². The van der Waals surface area contributed by atoms with Gasteiger partial charge in [-0.05, 0) is 47.0 Å². The molecule has 0 saturated heterocycles. The number of aliphatic hydroxyl groups excluding tert-OH is 1. The van der Waals surface area contributed by atoms with Crippen LogP contribution in [0.5, 0.6) is 0 Å².